The molecule has 0 bridgehead atoms. The molecule has 14 N–H and O–H groups in total. The fraction of sp³-hybridized carbons (Fsp3) is 0.756. The molecule has 7 amide bonds. The summed E-state index contributed by atoms with van der Waals surface area (Å²) in [4.78, 5) is 143. The molecule has 0 unspecified atom stereocenters. The number of carboxylic acids is 3. The molecule has 1 saturated heterocycles. The van der Waals surface area contributed by atoms with Crippen molar-refractivity contribution in [2.24, 2.45) is 5.41 Å². The molecule has 0 radical (unpaired) electrons. The second kappa shape index (κ2) is 33.8. The Balaban J connectivity index is 2.66. The van der Waals surface area contributed by atoms with Crippen molar-refractivity contribution in [3.63, 3.8) is 0 Å². The topological polar surface area (TPSA) is 418 Å². The van der Waals surface area contributed by atoms with Gasteiger partial charge in [-0.05, 0) is 40.0 Å². The van der Waals surface area contributed by atoms with Gasteiger partial charge in [0.25, 0.3) is 0 Å². The van der Waals surface area contributed by atoms with E-state index in [9.17, 15) is 83.4 Å². The number of unbranched alkanes of at least 4 members (excludes halogenated alkanes) is 1. The number of hydrogen-bond donors (Lipinski definition) is 14. The smallest absolute Gasteiger partial charge is 0.317 e. The standard InChI is InChI=1S/C45H80N12O17/c1-44(2,3)40(71)29(53-45(4,5)6)9-7-8-10-46-33(61)19-47-41(72)30(26-58)50-34(62)20-48-42(73)31(27-59)51-35(63)21-49-43(74)32(28-60)52-36(64)22-54-11-13-55(23-37(65)66)15-17-57(25-39(69)70)18-16-56(14-12-54)24-38(67)68/h29-32,53,58-60H,7-28H2,1-6H3,(H,46,61)(H,47,72)(H,48,73)(H,49,74)(H,50,62)(H,51,63)(H,52,64)(H,65,66)(H,67,68)(H,69,70)/t29-,30-,31-,32-/m0/s1. The number of carboxylic acid groups (broad SMARTS) is 3. The average molecular weight is 1060 g/mol. The summed E-state index contributed by atoms with van der Waals surface area (Å²) in [6.07, 6.45) is 1.74. The van der Waals surface area contributed by atoms with Crippen LogP contribution in [0.5, 0.6) is 0 Å². The Morgan fingerprint density at radius 1 is 0.432 bits per heavy atom. The molecule has 0 saturated carbocycles. The van der Waals surface area contributed by atoms with Gasteiger partial charge in [-0.1, -0.05) is 20.8 Å². The van der Waals surface area contributed by atoms with E-state index in [-0.39, 0.29) is 82.8 Å². The molecule has 1 heterocycles. The highest BCUT2D eigenvalue weighted by Gasteiger charge is 2.32. The minimum absolute atomic E-state index is 0.0792. The first kappa shape index (κ1) is 66.1. The van der Waals surface area contributed by atoms with E-state index >= 15 is 0 Å². The Labute approximate surface area is 430 Å². The molecule has 29 heteroatoms. The minimum Gasteiger partial charge on any atom is -0.480 e. The lowest BCUT2D eigenvalue weighted by Gasteiger charge is -2.33. The first-order chi connectivity index (χ1) is 34.6. The van der Waals surface area contributed by atoms with E-state index in [2.05, 4.69) is 42.5 Å². The Morgan fingerprint density at radius 3 is 1.07 bits per heavy atom. The summed E-state index contributed by atoms with van der Waals surface area (Å²) in [6, 6.07) is -5.13. The summed E-state index contributed by atoms with van der Waals surface area (Å²) in [5, 5.41) is 76.9. The van der Waals surface area contributed by atoms with Gasteiger partial charge in [0, 0.05) is 69.9 Å². The number of nitrogens with one attached hydrogen (secondary N) is 8. The van der Waals surface area contributed by atoms with Crippen LogP contribution in [0.25, 0.3) is 0 Å². The van der Waals surface area contributed by atoms with Gasteiger partial charge in [-0.15, -0.1) is 0 Å². The van der Waals surface area contributed by atoms with E-state index in [1.54, 1.807) is 19.6 Å². The minimum atomic E-state index is -1.65. The largest absolute Gasteiger partial charge is 0.480 e. The number of Topliss-reactive ketones (excluding diaryl/α,β-unsaturated/α-hetero) is 1. The maximum absolute atomic E-state index is 13.2. The monoisotopic (exact) mass is 1060 g/mol. The van der Waals surface area contributed by atoms with Gasteiger partial charge >= 0.3 is 17.9 Å². The van der Waals surface area contributed by atoms with Gasteiger partial charge in [0.1, 0.15) is 18.1 Å². The Morgan fingerprint density at radius 2 is 0.757 bits per heavy atom. The van der Waals surface area contributed by atoms with Crippen molar-refractivity contribution in [3.8, 4) is 0 Å². The number of aliphatic hydroxyl groups excluding tert-OH is 3. The molecule has 0 aromatic rings. The van der Waals surface area contributed by atoms with Gasteiger partial charge in [-0.2, -0.15) is 0 Å². The molecule has 1 rings (SSSR count). The van der Waals surface area contributed by atoms with Gasteiger partial charge in [0.2, 0.25) is 41.4 Å². The Bertz CT molecular complexity index is 1860. The summed E-state index contributed by atoms with van der Waals surface area (Å²) in [5.41, 5.74) is -0.827. The second-order valence-corrected chi connectivity index (χ2v) is 19.8. The second-order valence-electron chi connectivity index (χ2n) is 19.8. The zero-order chi connectivity index (χ0) is 56.2. The highest BCUT2D eigenvalue weighted by Crippen LogP contribution is 2.21. The van der Waals surface area contributed by atoms with Gasteiger partial charge in [-0.25, -0.2) is 0 Å². The summed E-state index contributed by atoms with van der Waals surface area (Å²) in [5.74, 6) is -9.64. The fourth-order valence-corrected chi connectivity index (χ4v) is 7.25. The lowest BCUT2D eigenvalue weighted by molar-refractivity contribution is -0.140. The van der Waals surface area contributed by atoms with Crippen molar-refractivity contribution in [3.05, 3.63) is 0 Å². The highest BCUT2D eigenvalue weighted by atomic mass is 16.4. The van der Waals surface area contributed by atoms with Crippen LogP contribution in [0.3, 0.4) is 0 Å². The van der Waals surface area contributed by atoms with E-state index in [1.807, 2.05) is 41.5 Å². The van der Waals surface area contributed by atoms with E-state index < -0.39 is 142 Å². The third-order valence-corrected chi connectivity index (χ3v) is 11.1. The first-order valence-electron chi connectivity index (χ1n) is 24.2. The van der Waals surface area contributed by atoms with Crippen LogP contribution in [-0.2, 0) is 52.7 Å². The maximum Gasteiger partial charge on any atom is 0.317 e. The lowest BCUT2D eigenvalue weighted by atomic mass is 9.84. The zero-order valence-corrected chi connectivity index (χ0v) is 43.3. The molecule has 1 fully saturated rings. The molecule has 0 aliphatic carbocycles. The lowest BCUT2D eigenvalue weighted by Crippen LogP contribution is -2.56. The van der Waals surface area contributed by atoms with E-state index in [4.69, 9.17) is 0 Å². The van der Waals surface area contributed by atoms with E-state index in [0.29, 0.717) is 19.3 Å². The van der Waals surface area contributed by atoms with Crippen molar-refractivity contribution in [2.45, 2.75) is 90.5 Å². The number of nitrogens with zero attached hydrogens (tertiary/aromatic N) is 4. The quantitative estimate of drug-likeness (QED) is 0.0297. The predicted octanol–water partition coefficient (Wildman–Crippen LogP) is -7.10. The molecule has 1 aliphatic rings. The highest BCUT2D eigenvalue weighted by molar-refractivity contribution is 5.95. The van der Waals surface area contributed by atoms with E-state index in [1.165, 1.54) is 0 Å². The van der Waals surface area contributed by atoms with Crippen LogP contribution in [0.4, 0.5) is 0 Å². The molecule has 0 aromatic carbocycles. The normalized spacial score (nSPS) is 16.3. The molecule has 1 aliphatic heterocycles. The van der Waals surface area contributed by atoms with Crippen molar-refractivity contribution < 1.29 is 83.4 Å². The molecular formula is C45H80N12O17. The van der Waals surface area contributed by atoms with Crippen LogP contribution >= 0.6 is 0 Å². The number of ketones is 1. The number of hydrogen-bond acceptors (Lipinski definition) is 19. The number of carbonyl (C=O) groups is 11. The zero-order valence-electron chi connectivity index (χ0n) is 43.3. The Hall–Kier alpha value is -5.95. The summed E-state index contributed by atoms with van der Waals surface area (Å²) in [7, 11) is 0. The molecule has 0 aromatic heterocycles. The number of aliphatic hydroxyl groups is 3. The van der Waals surface area contributed by atoms with Crippen LogP contribution < -0.4 is 42.5 Å². The van der Waals surface area contributed by atoms with Crippen LogP contribution in [0.2, 0.25) is 0 Å². The van der Waals surface area contributed by atoms with Crippen LogP contribution in [0.1, 0.15) is 60.8 Å². The van der Waals surface area contributed by atoms with Crippen molar-refractivity contribution in [1.29, 1.82) is 0 Å². The SMILES string of the molecule is CC(C)(C)N[C@@H](CCCCNC(=O)CNC(=O)[C@H](CO)NC(=O)CNC(=O)[C@H](CO)NC(=O)CNC(=O)[C@H](CO)NC(=O)CN1CCN(CC(=O)O)CCN(CC(=O)O)CCN(CC(=O)O)CC1)C(=O)C(C)(C)C. The van der Waals surface area contributed by atoms with Gasteiger partial charge in [-0.3, -0.25) is 72.3 Å². The predicted molar refractivity (Wildman–Crippen MR) is 263 cm³/mol. The third-order valence-electron chi connectivity index (χ3n) is 11.1. The number of aliphatic carboxylic acids is 3. The molecule has 0 spiro atoms. The van der Waals surface area contributed by atoms with Crippen LogP contribution in [0, 0.1) is 5.41 Å². The molecule has 29 nitrogen and oxygen atoms in total. The summed E-state index contributed by atoms with van der Waals surface area (Å²) in [6.45, 7) is 6.33. The molecule has 4 atom stereocenters. The number of carbonyl (C=O) groups excluding carboxylic acids is 8. The van der Waals surface area contributed by atoms with Gasteiger partial charge in [0.05, 0.1) is 71.7 Å². The number of rotatable bonds is 30. The van der Waals surface area contributed by atoms with Crippen molar-refractivity contribution in [2.75, 3.05) is 125 Å². The summed E-state index contributed by atoms with van der Waals surface area (Å²) < 4.78 is 0. The van der Waals surface area contributed by atoms with E-state index in [0.717, 1.165) is 0 Å². The maximum atomic E-state index is 13.2. The van der Waals surface area contributed by atoms with Gasteiger partial charge < -0.3 is 73.2 Å². The summed E-state index contributed by atoms with van der Waals surface area (Å²) >= 11 is 0. The van der Waals surface area contributed by atoms with Gasteiger partial charge in [0.15, 0.2) is 5.78 Å². The first-order valence-corrected chi connectivity index (χ1v) is 24.2. The molecule has 74 heavy (non-hydrogen) atoms. The average Bonchev–Trinajstić information content (AvgIpc) is 3.30. The van der Waals surface area contributed by atoms with Crippen molar-refractivity contribution >= 4 is 65.0 Å². The van der Waals surface area contributed by atoms with Crippen LogP contribution in [0.15, 0.2) is 0 Å². The van der Waals surface area contributed by atoms with Crippen molar-refractivity contribution in [1.82, 2.24) is 62.1 Å². The third kappa shape index (κ3) is 29.1. The molecule has 422 valence electrons. The van der Waals surface area contributed by atoms with Crippen LogP contribution in [-0.4, -0.2) is 270 Å². The Kier molecular flexibility index (Phi) is 30.2. The fourth-order valence-electron chi connectivity index (χ4n) is 7.25. The number of amides is 7. The molecular weight excluding hydrogens is 981 g/mol.